The second-order valence-electron chi connectivity index (χ2n) is 6.60. The van der Waals surface area contributed by atoms with Gasteiger partial charge in [-0.25, -0.2) is 0 Å². The lowest BCUT2D eigenvalue weighted by atomic mass is 10.1. The Bertz CT molecular complexity index is 527. The van der Waals surface area contributed by atoms with Crippen LogP contribution in [0, 0.1) is 0 Å². The number of hydrogen-bond donors (Lipinski definition) is 2. The van der Waals surface area contributed by atoms with E-state index in [-0.39, 0.29) is 0 Å². The summed E-state index contributed by atoms with van der Waals surface area (Å²) < 4.78 is 10.6. The van der Waals surface area contributed by atoms with E-state index < -0.39 is 0 Å². The fraction of sp³-hybridized carbons (Fsp3) is 0.650. The maximum Gasteiger partial charge on any atom is 0.191 e. The number of hydrogen-bond acceptors (Lipinski definition) is 4. The van der Waals surface area contributed by atoms with Crippen molar-refractivity contribution in [3.63, 3.8) is 0 Å². The number of aryl methyl sites for hydroxylation is 1. The molecule has 1 heterocycles. The van der Waals surface area contributed by atoms with E-state index in [0.29, 0.717) is 6.04 Å². The highest BCUT2D eigenvalue weighted by Crippen LogP contribution is 2.12. The highest BCUT2D eigenvalue weighted by Gasteiger charge is 2.16. The molecule has 0 radical (unpaired) electrons. The molecule has 26 heavy (non-hydrogen) atoms. The number of nitrogens with zero attached hydrogens (tertiary/aromatic N) is 2. The predicted octanol–water partition coefficient (Wildman–Crippen LogP) is 1.90. The van der Waals surface area contributed by atoms with Gasteiger partial charge in [-0.05, 0) is 44.4 Å². The van der Waals surface area contributed by atoms with E-state index in [4.69, 9.17) is 14.5 Å². The van der Waals surface area contributed by atoms with Crippen molar-refractivity contribution in [1.82, 2.24) is 15.5 Å². The number of rotatable bonds is 9. The van der Waals surface area contributed by atoms with E-state index in [1.165, 1.54) is 5.56 Å². The van der Waals surface area contributed by atoms with E-state index in [2.05, 4.69) is 41.5 Å². The van der Waals surface area contributed by atoms with Gasteiger partial charge in [-0.1, -0.05) is 12.1 Å². The van der Waals surface area contributed by atoms with E-state index in [9.17, 15) is 0 Å². The summed E-state index contributed by atoms with van der Waals surface area (Å²) in [5.41, 5.74) is 1.33. The number of guanidine groups is 1. The summed E-state index contributed by atoms with van der Waals surface area (Å²) in [5, 5.41) is 6.78. The lowest BCUT2D eigenvalue weighted by molar-refractivity contribution is 0.0220. The minimum absolute atomic E-state index is 0.439. The molecule has 0 saturated carbocycles. The Hall–Kier alpha value is -1.79. The van der Waals surface area contributed by atoms with E-state index >= 15 is 0 Å². The Morgan fingerprint density at radius 2 is 1.96 bits per heavy atom. The van der Waals surface area contributed by atoms with Crippen molar-refractivity contribution < 1.29 is 9.47 Å². The number of nitrogens with one attached hydrogen (secondary N) is 2. The zero-order valence-electron chi connectivity index (χ0n) is 16.5. The molecule has 1 fully saturated rings. The van der Waals surface area contributed by atoms with Crippen LogP contribution in [0.5, 0.6) is 5.75 Å². The number of morpholine rings is 1. The lowest BCUT2D eigenvalue weighted by Crippen LogP contribution is -2.44. The fourth-order valence-corrected chi connectivity index (χ4v) is 2.99. The Labute approximate surface area is 158 Å². The zero-order chi connectivity index (χ0) is 18.6. The molecule has 2 rings (SSSR count). The van der Waals surface area contributed by atoms with Crippen molar-refractivity contribution in [3.8, 4) is 5.75 Å². The summed E-state index contributed by atoms with van der Waals surface area (Å²) >= 11 is 0. The molecule has 1 aliphatic heterocycles. The SMILES string of the molecule is CCNC(=NCC(C)N1CCOCC1)NCCCc1ccc(OC)cc1. The monoisotopic (exact) mass is 362 g/mol. The average Bonchev–Trinajstić information content (AvgIpc) is 2.70. The molecule has 6 heteroatoms. The molecule has 1 saturated heterocycles. The summed E-state index contributed by atoms with van der Waals surface area (Å²) in [6.45, 7) is 10.6. The quantitative estimate of drug-likeness (QED) is 0.399. The van der Waals surface area contributed by atoms with Crippen molar-refractivity contribution in [2.45, 2.75) is 32.7 Å². The van der Waals surface area contributed by atoms with Gasteiger partial charge in [-0.15, -0.1) is 0 Å². The number of benzene rings is 1. The maximum atomic E-state index is 5.42. The highest BCUT2D eigenvalue weighted by molar-refractivity contribution is 5.79. The Morgan fingerprint density at radius 1 is 1.23 bits per heavy atom. The summed E-state index contributed by atoms with van der Waals surface area (Å²) in [7, 11) is 1.69. The van der Waals surface area contributed by atoms with Crippen LogP contribution in [0.1, 0.15) is 25.8 Å². The minimum atomic E-state index is 0.439. The standard InChI is InChI=1S/C20H34N4O2/c1-4-21-20(23-16-17(2)24-12-14-26-15-13-24)22-11-5-6-18-7-9-19(25-3)10-8-18/h7-10,17H,4-6,11-16H2,1-3H3,(H2,21,22,23). The third-order valence-electron chi connectivity index (χ3n) is 4.62. The van der Waals surface area contributed by atoms with Crippen LogP contribution in [-0.4, -0.2) is 69.9 Å². The molecule has 0 amide bonds. The molecule has 0 spiro atoms. The summed E-state index contributed by atoms with van der Waals surface area (Å²) in [6.07, 6.45) is 2.11. The van der Waals surface area contributed by atoms with Crippen molar-refractivity contribution in [2.24, 2.45) is 4.99 Å². The van der Waals surface area contributed by atoms with E-state index in [1.54, 1.807) is 7.11 Å². The van der Waals surface area contributed by atoms with Gasteiger partial charge in [-0.2, -0.15) is 0 Å². The van der Waals surface area contributed by atoms with Gasteiger partial charge in [-0.3, -0.25) is 9.89 Å². The van der Waals surface area contributed by atoms with E-state index in [0.717, 1.165) is 70.5 Å². The van der Waals surface area contributed by atoms with Crippen molar-refractivity contribution in [3.05, 3.63) is 29.8 Å². The van der Waals surface area contributed by atoms with Crippen LogP contribution in [0.15, 0.2) is 29.3 Å². The Balaban J connectivity index is 1.71. The molecule has 0 bridgehead atoms. The van der Waals surface area contributed by atoms with Gasteiger partial charge >= 0.3 is 0 Å². The van der Waals surface area contributed by atoms with Crippen LogP contribution in [0.2, 0.25) is 0 Å². The first-order valence-electron chi connectivity index (χ1n) is 9.69. The maximum absolute atomic E-state index is 5.42. The third kappa shape index (κ3) is 7.22. The second kappa shape index (κ2) is 11.8. The van der Waals surface area contributed by atoms with Crippen LogP contribution >= 0.6 is 0 Å². The van der Waals surface area contributed by atoms with Crippen LogP contribution in [0.4, 0.5) is 0 Å². The smallest absolute Gasteiger partial charge is 0.191 e. The van der Waals surface area contributed by atoms with E-state index in [1.807, 2.05) is 12.1 Å². The van der Waals surface area contributed by atoms with Crippen LogP contribution in [-0.2, 0) is 11.2 Å². The first-order valence-corrected chi connectivity index (χ1v) is 9.69. The van der Waals surface area contributed by atoms with Gasteiger partial charge in [0.15, 0.2) is 5.96 Å². The molecule has 1 aromatic carbocycles. The molecule has 1 aromatic rings. The number of aliphatic imine (C=N–C) groups is 1. The molecule has 1 aliphatic rings. The Kier molecular flexibility index (Phi) is 9.28. The highest BCUT2D eigenvalue weighted by atomic mass is 16.5. The molecule has 2 N–H and O–H groups in total. The molecule has 0 aliphatic carbocycles. The Morgan fingerprint density at radius 3 is 2.62 bits per heavy atom. The van der Waals surface area contributed by atoms with Gasteiger partial charge in [0.1, 0.15) is 5.75 Å². The molecule has 146 valence electrons. The third-order valence-corrected chi connectivity index (χ3v) is 4.62. The largest absolute Gasteiger partial charge is 0.497 e. The lowest BCUT2D eigenvalue weighted by Gasteiger charge is -2.31. The molecular formula is C20H34N4O2. The summed E-state index contributed by atoms with van der Waals surface area (Å²) in [6, 6.07) is 8.72. The number of methoxy groups -OCH3 is 1. The van der Waals surface area contributed by atoms with Crippen molar-refractivity contribution in [2.75, 3.05) is 53.0 Å². The number of ether oxygens (including phenoxy) is 2. The van der Waals surface area contributed by atoms with Crippen LogP contribution < -0.4 is 15.4 Å². The van der Waals surface area contributed by atoms with Gasteiger partial charge in [0.2, 0.25) is 0 Å². The van der Waals surface area contributed by atoms with Gasteiger partial charge < -0.3 is 20.1 Å². The van der Waals surface area contributed by atoms with Gasteiger partial charge in [0.05, 0.1) is 26.9 Å². The molecule has 0 aromatic heterocycles. The molecule has 6 nitrogen and oxygen atoms in total. The van der Waals surface area contributed by atoms with Gasteiger partial charge in [0.25, 0.3) is 0 Å². The summed E-state index contributed by atoms with van der Waals surface area (Å²) in [5.74, 6) is 1.81. The minimum Gasteiger partial charge on any atom is -0.497 e. The normalized spacial score (nSPS) is 17.0. The first kappa shape index (κ1) is 20.5. The van der Waals surface area contributed by atoms with Crippen LogP contribution in [0.3, 0.4) is 0 Å². The van der Waals surface area contributed by atoms with Gasteiger partial charge in [0, 0.05) is 32.2 Å². The predicted molar refractivity (Wildman–Crippen MR) is 107 cm³/mol. The van der Waals surface area contributed by atoms with Crippen LogP contribution in [0.25, 0.3) is 0 Å². The fourth-order valence-electron chi connectivity index (χ4n) is 2.99. The summed E-state index contributed by atoms with van der Waals surface area (Å²) in [4.78, 5) is 7.20. The van der Waals surface area contributed by atoms with Crippen molar-refractivity contribution >= 4 is 5.96 Å². The van der Waals surface area contributed by atoms with Crippen molar-refractivity contribution in [1.29, 1.82) is 0 Å². The first-order chi connectivity index (χ1) is 12.7. The average molecular weight is 363 g/mol. The molecule has 1 atom stereocenters. The second-order valence-corrected chi connectivity index (χ2v) is 6.60. The zero-order valence-corrected chi connectivity index (χ0v) is 16.5. The topological polar surface area (TPSA) is 58.1 Å². The molecular weight excluding hydrogens is 328 g/mol. The molecule has 1 unspecified atom stereocenters.